The molecular weight excluding hydrogens is 226 g/mol. The first-order chi connectivity index (χ1) is 8.67. The van der Waals surface area contributed by atoms with E-state index in [-0.39, 0.29) is 5.91 Å². The van der Waals surface area contributed by atoms with Gasteiger partial charge < -0.3 is 16.0 Å². The summed E-state index contributed by atoms with van der Waals surface area (Å²) in [5.74, 6) is 0.283. The number of hydrogen-bond donors (Lipinski definition) is 3. The van der Waals surface area contributed by atoms with Gasteiger partial charge in [0.05, 0.1) is 0 Å². The Kier molecular flexibility index (Phi) is 5.25. The second-order valence-corrected chi connectivity index (χ2v) is 3.56. The first-order valence-electron chi connectivity index (χ1n) is 5.55. The summed E-state index contributed by atoms with van der Waals surface area (Å²) >= 11 is 0. The van der Waals surface area contributed by atoms with Crippen LogP contribution in [0, 0.1) is 0 Å². The van der Waals surface area contributed by atoms with Crippen LogP contribution in [0.15, 0.2) is 55.1 Å². The maximum atomic E-state index is 11.6. The third kappa shape index (κ3) is 4.17. The maximum absolute atomic E-state index is 11.6. The molecule has 2 rings (SSSR count). The van der Waals surface area contributed by atoms with E-state index in [0.29, 0.717) is 11.5 Å². The highest BCUT2D eigenvalue weighted by Crippen LogP contribution is 2.09. The number of hydrogen-bond acceptors (Lipinski definition) is 2. The Hall–Kier alpha value is -2.49. The van der Waals surface area contributed by atoms with Crippen molar-refractivity contribution in [2.45, 2.75) is 6.92 Å². The lowest BCUT2D eigenvalue weighted by atomic mass is 10.3. The minimum Gasteiger partial charge on any atom is -0.385 e. The van der Waals surface area contributed by atoms with Gasteiger partial charge in [-0.25, -0.2) is 0 Å². The maximum Gasteiger partial charge on any atom is 0.272 e. The van der Waals surface area contributed by atoms with Gasteiger partial charge in [-0.05, 0) is 31.2 Å². The van der Waals surface area contributed by atoms with Gasteiger partial charge in [0.15, 0.2) is 0 Å². The average molecular weight is 243 g/mol. The Morgan fingerprint density at radius 1 is 1.28 bits per heavy atom. The lowest BCUT2D eigenvalue weighted by molar-refractivity contribution is 0.102. The van der Waals surface area contributed by atoms with Gasteiger partial charge in [0.25, 0.3) is 5.91 Å². The van der Waals surface area contributed by atoms with E-state index in [2.05, 4.69) is 16.9 Å². The molecule has 0 aliphatic rings. The van der Waals surface area contributed by atoms with Gasteiger partial charge in [-0.3, -0.25) is 4.79 Å². The summed E-state index contributed by atoms with van der Waals surface area (Å²) in [6.07, 6.45) is 1.75. The number of nitrogens with two attached hydrogens (primary N) is 1. The van der Waals surface area contributed by atoms with Crippen molar-refractivity contribution in [1.29, 1.82) is 0 Å². The van der Waals surface area contributed by atoms with Crippen molar-refractivity contribution in [3.63, 3.8) is 0 Å². The molecule has 0 aliphatic carbocycles. The highest BCUT2D eigenvalue weighted by Gasteiger charge is 2.06. The first kappa shape index (κ1) is 13.6. The molecule has 2 aromatic rings. The van der Waals surface area contributed by atoms with Gasteiger partial charge in [-0.2, -0.15) is 0 Å². The van der Waals surface area contributed by atoms with E-state index >= 15 is 0 Å². The largest absolute Gasteiger partial charge is 0.385 e. The quantitative estimate of drug-likeness (QED) is 0.709. The summed E-state index contributed by atoms with van der Waals surface area (Å²) in [6.45, 7) is 5.25. The van der Waals surface area contributed by atoms with Crippen LogP contribution in [-0.2, 0) is 0 Å². The summed E-state index contributed by atoms with van der Waals surface area (Å²) < 4.78 is 0. The first-order valence-corrected chi connectivity index (χ1v) is 5.55. The zero-order chi connectivity index (χ0) is 13.4. The number of allylic oxidation sites excluding steroid dienone is 1. The zero-order valence-corrected chi connectivity index (χ0v) is 10.3. The molecule has 1 heterocycles. The number of rotatable bonds is 2. The van der Waals surface area contributed by atoms with Crippen molar-refractivity contribution >= 4 is 17.4 Å². The summed E-state index contributed by atoms with van der Waals surface area (Å²) in [4.78, 5) is 14.4. The van der Waals surface area contributed by atoms with Gasteiger partial charge in [0, 0.05) is 5.69 Å². The Balaban J connectivity index is 0.000000492. The second kappa shape index (κ2) is 6.96. The third-order valence-corrected chi connectivity index (χ3v) is 1.98. The predicted octanol–water partition coefficient (Wildman–Crippen LogP) is 3.04. The number of para-hydroxylation sites is 1. The molecule has 4 heteroatoms. The van der Waals surface area contributed by atoms with Crippen molar-refractivity contribution in [2.24, 2.45) is 0 Å². The van der Waals surface area contributed by atoms with Gasteiger partial charge in [0.2, 0.25) is 0 Å². The molecule has 0 radical (unpaired) electrons. The molecule has 0 unspecified atom stereocenters. The number of benzene rings is 1. The fourth-order valence-corrected chi connectivity index (χ4v) is 1.26. The van der Waals surface area contributed by atoms with Crippen LogP contribution in [0.25, 0.3) is 0 Å². The fourth-order valence-electron chi connectivity index (χ4n) is 1.26. The minimum atomic E-state index is -0.196. The number of carbonyl (C=O) groups is 1. The smallest absolute Gasteiger partial charge is 0.272 e. The Bertz CT molecular complexity index is 503. The molecule has 0 saturated heterocycles. The van der Waals surface area contributed by atoms with Crippen LogP contribution in [-0.4, -0.2) is 10.9 Å². The van der Waals surface area contributed by atoms with E-state index in [1.807, 2.05) is 37.3 Å². The highest BCUT2D eigenvalue weighted by molar-refractivity contribution is 6.03. The number of aromatic amines is 1. The number of aromatic nitrogens is 1. The molecule has 0 atom stereocenters. The molecule has 1 aromatic carbocycles. The van der Waals surface area contributed by atoms with E-state index in [1.165, 1.54) is 0 Å². The van der Waals surface area contributed by atoms with Crippen LogP contribution >= 0.6 is 0 Å². The van der Waals surface area contributed by atoms with E-state index in [9.17, 15) is 4.79 Å². The lowest BCUT2D eigenvalue weighted by Gasteiger charge is -2.02. The SMILES string of the molecule is C=CC.Nc1ccc(C(=O)Nc2ccccc2)[nH]1. The van der Waals surface area contributed by atoms with E-state index in [4.69, 9.17) is 5.73 Å². The molecule has 0 saturated carbocycles. The van der Waals surface area contributed by atoms with Crippen LogP contribution < -0.4 is 11.1 Å². The fraction of sp³-hybridized carbons (Fsp3) is 0.0714. The van der Waals surface area contributed by atoms with Crippen LogP contribution in [0.4, 0.5) is 11.5 Å². The molecule has 0 fully saturated rings. The van der Waals surface area contributed by atoms with E-state index in [0.717, 1.165) is 5.69 Å². The number of H-pyrrole nitrogens is 1. The molecule has 1 amide bonds. The van der Waals surface area contributed by atoms with Gasteiger partial charge >= 0.3 is 0 Å². The summed E-state index contributed by atoms with van der Waals surface area (Å²) in [7, 11) is 0. The number of carbonyl (C=O) groups excluding carboxylic acids is 1. The second-order valence-electron chi connectivity index (χ2n) is 3.56. The van der Waals surface area contributed by atoms with Crippen molar-refractivity contribution in [2.75, 3.05) is 11.1 Å². The monoisotopic (exact) mass is 243 g/mol. The van der Waals surface area contributed by atoms with Crippen molar-refractivity contribution in [3.05, 3.63) is 60.8 Å². The van der Waals surface area contributed by atoms with Crippen molar-refractivity contribution in [1.82, 2.24) is 4.98 Å². The molecule has 18 heavy (non-hydrogen) atoms. The minimum absolute atomic E-state index is 0.196. The molecule has 4 N–H and O–H groups in total. The topological polar surface area (TPSA) is 70.9 Å². The third-order valence-electron chi connectivity index (χ3n) is 1.98. The van der Waals surface area contributed by atoms with E-state index < -0.39 is 0 Å². The summed E-state index contributed by atoms with van der Waals surface area (Å²) in [5, 5.41) is 2.75. The molecular formula is C14H17N3O. The highest BCUT2D eigenvalue weighted by atomic mass is 16.1. The van der Waals surface area contributed by atoms with Gasteiger partial charge in [-0.1, -0.05) is 24.3 Å². The van der Waals surface area contributed by atoms with Crippen molar-refractivity contribution < 1.29 is 4.79 Å². The predicted molar refractivity (Wildman–Crippen MR) is 75.5 cm³/mol. The Morgan fingerprint density at radius 2 is 1.89 bits per heavy atom. The molecule has 4 nitrogen and oxygen atoms in total. The lowest BCUT2D eigenvalue weighted by Crippen LogP contribution is -2.12. The molecule has 0 aliphatic heterocycles. The standard InChI is InChI=1S/C11H11N3O.C3H6/c12-10-7-6-9(14-10)11(15)13-8-4-2-1-3-5-8;1-3-2/h1-7,14H,12H2,(H,13,15);3H,1H2,2H3. The van der Waals surface area contributed by atoms with E-state index in [1.54, 1.807) is 18.2 Å². The zero-order valence-electron chi connectivity index (χ0n) is 10.3. The number of amides is 1. The average Bonchev–Trinajstić information content (AvgIpc) is 2.78. The normalized spacial score (nSPS) is 8.94. The Morgan fingerprint density at radius 3 is 2.39 bits per heavy atom. The number of anilines is 2. The molecule has 0 spiro atoms. The summed E-state index contributed by atoms with van der Waals surface area (Å²) in [6, 6.07) is 12.6. The van der Waals surface area contributed by atoms with Crippen LogP contribution in [0.1, 0.15) is 17.4 Å². The molecule has 0 bridgehead atoms. The van der Waals surface area contributed by atoms with Gasteiger partial charge in [-0.15, -0.1) is 6.58 Å². The summed E-state index contributed by atoms with van der Waals surface area (Å²) in [5.41, 5.74) is 6.69. The van der Waals surface area contributed by atoms with Crippen LogP contribution in [0.3, 0.4) is 0 Å². The molecule has 94 valence electrons. The van der Waals surface area contributed by atoms with Crippen molar-refractivity contribution in [3.8, 4) is 0 Å². The van der Waals surface area contributed by atoms with Crippen LogP contribution in [0.2, 0.25) is 0 Å². The number of nitrogens with one attached hydrogen (secondary N) is 2. The van der Waals surface area contributed by atoms with Crippen LogP contribution in [0.5, 0.6) is 0 Å². The van der Waals surface area contributed by atoms with Gasteiger partial charge in [0.1, 0.15) is 11.5 Å². The molecule has 1 aromatic heterocycles. The number of nitrogen functional groups attached to an aromatic ring is 1. The Labute approximate surface area is 107 Å².